The van der Waals surface area contributed by atoms with E-state index in [1.54, 1.807) is 5.56 Å². The number of fused-ring (bicyclic) bond motifs is 3. The summed E-state index contributed by atoms with van der Waals surface area (Å²) in [7, 11) is 0. The van der Waals surface area contributed by atoms with E-state index in [2.05, 4.69) is 46.7 Å². The Kier molecular flexibility index (Phi) is 3.12. The van der Waals surface area contributed by atoms with Gasteiger partial charge in [0.05, 0.1) is 0 Å². The second-order valence-corrected chi connectivity index (χ2v) is 6.16. The van der Waals surface area contributed by atoms with E-state index >= 15 is 0 Å². The highest BCUT2D eigenvalue weighted by Gasteiger charge is 2.25. The standard InChI is InChI=1S/C18H22N2/c1-2-7-13(8-3-1)19-17-12-6-10-15-14-9-4-5-11-16(14)20-18(15)17/h1-2,4-5,9,11,13,17,19-20H,3,6-8,10,12H2. The van der Waals surface area contributed by atoms with Crippen LogP contribution in [0.15, 0.2) is 36.4 Å². The number of H-pyrrole nitrogens is 1. The predicted octanol–water partition coefficient (Wildman–Crippen LogP) is 4.24. The first-order valence-electron chi connectivity index (χ1n) is 7.92. The van der Waals surface area contributed by atoms with Gasteiger partial charge in [0.25, 0.3) is 0 Å². The molecule has 0 saturated heterocycles. The lowest BCUT2D eigenvalue weighted by molar-refractivity contribution is 0.372. The van der Waals surface area contributed by atoms with Crippen molar-refractivity contribution in [2.45, 2.75) is 50.6 Å². The quantitative estimate of drug-likeness (QED) is 0.782. The summed E-state index contributed by atoms with van der Waals surface area (Å²) in [6.45, 7) is 0. The van der Waals surface area contributed by atoms with Crippen LogP contribution in [0.4, 0.5) is 0 Å². The average Bonchev–Trinajstić information content (AvgIpc) is 2.88. The van der Waals surface area contributed by atoms with Crippen LogP contribution in [-0.2, 0) is 6.42 Å². The molecule has 20 heavy (non-hydrogen) atoms. The molecular formula is C18H22N2. The number of aromatic amines is 1. The first-order valence-corrected chi connectivity index (χ1v) is 7.92. The Hall–Kier alpha value is -1.54. The monoisotopic (exact) mass is 266 g/mol. The van der Waals surface area contributed by atoms with Crippen LogP contribution < -0.4 is 5.32 Å². The van der Waals surface area contributed by atoms with E-state index in [1.807, 2.05) is 0 Å². The molecule has 2 atom stereocenters. The summed E-state index contributed by atoms with van der Waals surface area (Å²) in [6, 6.07) is 9.91. The van der Waals surface area contributed by atoms with E-state index < -0.39 is 0 Å². The third kappa shape index (κ3) is 2.08. The number of hydrogen-bond donors (Lipinski definition) is 2. The number of aryl methyl sites for hydroxylation is 1. The summed E-state index contributed by atoms with van der Waals surface area (Å²) in [6.07, 6.45) is 12.1. The van der Waals surface area contributed by atoms with E-state index in [0.29, 0.717) is 12.1 Å². The topological polar surface area (TPSA) is 27.8 Å². The van der Waals surface area contributed by atoms with Crippen LogP contribution in [0.3, 0.4) is 0 Å². The SMILES string of the molecule is C1=CCC(NC2CCCc3c2[nH]c2ccccc32)CC1. The first-order chi connectivity index (χ1) is 9.92. The van der Waals surface area contributed by atoms with Gasteiger partial charge in [-0.15, -0.1) is 0 Å². The minimum atomic E-state index is 0.516. The zero-order chi connectivity index (χ0) is 13.4. The molecule has 0 aliphatic heterocycles. The zero-order valence-electron chi connectivity index (χ0n) is 11.9. The summed E-state index contributed by atoms with van der Waals surface area (Å²) in [4.78, 5) is 3.68. The molecule has 0 amide bonds. The van der Waals surface area contributed by atoms with Crippen LogP contribution >= 0.6 is 0 Å². The molecule has 1 aromatic carbocycles. The maximum absolute atomic E-state index is 3.89. The maximum Gasteiger partial charge on any atom is 0.0478 e. The van der Waals surface area contributed by atoms with Gasteiger partial charge >= 0.3 is 0 Å². The van der Waals surface area contributed by atoms with E-state index in [-0.39, 0.29) is 0 Å². The molecule has 1 heterocycles. The molecule has 0 bridgehead atoms. The summed E-state index contributed by atoms with van der Waals surface area (Å²) in [5.41, 5.74) is 4.30. The molecule has 2 nitrogen and oxygen atoms in total. The van der Waals surface area contributed by atoms with Gasteiger partial charge in [-0.25, -0.2) is 0 Å². The lowest BCUT2D eigenvalue weighted by Crippen LogP contribution is -2.35. The van der Waals surface area contributed by atoms with Crippen LogP contribution in [0, 0.1) is 0 Å². The van der Waals surface area contributed by atoms with E-state index in [1.165, 1.54) is 55.1 Å². The summed E-state index contributed by atoms with van der Waals surface area (Å²) in [5, 5.41) is 5.32. The number of nitrogens with one attached hydrogen (secondary N) is 2. The molecule has 0 radical (unpaired) electrons. The first kappa shape index (κ1) is 12.2. The summed E-state index contributed by atoms with van der Waals surface area (Å²) in [5.74, 6) is 0. The number of hydrogen-bond acceptors (Lipinski definition) is 1. The number of para-hydroxylation sites is 1. The highest BCUT2D eigenvalue weighted by molar-refractivity contribution is 5.85. The van der Waals surface area contributed by atoms with Gasteiger partial charge in [-0.3, -0.25) is 0 Å². The van der Waals surface area contributed by atoms with Crippen LogP contribution in [0.5, 0.6) is 0 Å². The molecule has 2 aromatic rings. The van der Waals surface area contributed by atoms with E-state index in [0.717, 1.165) is 0 Å². The maximum atomic E-state index is 3.89. The molecule has 0 fully saturated rings. The Morgan fingerprint density at radius 3 is 2.95 bits per heavy atom. The molecule has 2 aliphatic rings. The van der Waals surface area contributed by atoms with Gasteiger partial charge in [0.2, 0.25) is 0 Å². The van der Waals surface area contributed by atoms with Crippen molar-refractivity contribution in [3.8, 4) is 0 Å². The molecule has 2 heteroatoms. The Morgan fingerprint density at radius 1 is 1.10 bits per heavy atom. The van der Waals surface area contributed by atoms with Crippen LogP contribution in [0.1, 0.15) is 49.4 Å². The number of aromatic nitrogens is 1. The molecule has 1 aromatic heterocycles. The average molecular weight is 266 g/mol. The van der Waals surface area contributed by atoms with Crippen LogP contribution in [0.25, 0.3) is 10.9 Å². The summed E-state index contributed by atoms with van der Waals surface area (Å²) >= 11 is 0. The fourth-order valence-electron chi connectivity index (χ4n) is 3.81. The minimum absolute atomic E-state index is 0.516. The molecule has 104 valence electrons. The lowest BCUT2D eigenvalue weighted by atomic mass is 9.90. The van der Waals surface area contributed by atoms with Crippen molar-refractivity contribution in [3.63, 3.8) is 0 Å². The molecule has 0 saturated carbocycles. The van der Waals surface area contributed by atoms with Gasteiger partial charge in [0.1, 0.15) is 0 Å². The zero-order valence-corrected chi connectivity index (χ0v) is 11.9. The molecule has 2 unspecified atom stereocenters. The normalized spacial score (nSPS) is 25.8. The smallest absolute Gasteiger partial charge is 0.0478 e. The van der Waals surface area contributed by atoms with Crippen molar-refractivity contribution in [2.75, 3.05) is 0 Å². The fourth-order valence-corrected chi connectivity index (χ4v) is 3.81. The van der Waals surface area contributed by atoms with Crippen molar-refractivity contribution in [2.24, 2.45) is 0 Å². The van der Waals surface area contributed by atoms with Gasteiger partial charge in [-0.2, -0.15) is 0 Å². The van der Waals surface area contributed by atoms with Gasteiger partial charge in [-0.1, -0.05) is 30.4 Å². The summed E-state index contributed by atoms with van der Waals surface area (Å²) < 4.78 is 0. The van der Waals surface area contributed by atoms with Gasteiger partial charge < -0.3 is 10.3 Å². The third-order valence-corrected chi connectivity index (χ3v) is 4.82. The highest BCUT2D eigenvalue weighted by atomic mass is 15.0. The van der Waals surface area contributed by atoms with Crippen LogP contribution in [0.2, 0.25) is 0 Å². The Labute approximate surface area is 120 Å². The largest absolute Gasteiger partial charge is 0.357 e. The fraction of sp³-hybridized carbons (Fsp3) is 0.444. The van der Waals surface area contributed by atoms with Crippen molar-refractivity contribution in [1.82, 2.24) is 10.3 Å². The molecular weight excluding hydrogens is 244 g/mol. The van der Waals surface area contributed by atoms with E-state index in [9.17, 15) is 0 Å². The van der Waals surface area contributed by atoms with Crippen molar-refractivity contribution < 1.29 is 0 Å². The van der Waals surface area contributed by atoms with Gasteiger partial charge in [0, 0.05) is 28.7 Å². The second kappa shape index (κ2) is 5.10. The van der Waals surface area contributed by atoms with Crippen LogP contribution in [-0.4, -0.2) is 11.0 Å². The molecule has 0 spiro atoms. The van der Waals surface area contributed by atoms with Crippen molar-refractivity contribution in [1.29, 1.82) is 0 Å². The molecule has 4 rings (SSSR count). The lowest BCUT2D eigenvalue weighted by Gasteiger charge is -2.29. The Balaban J connectivity index is 1.65. The number of benzene rings is 1. The third-order valence-electron chi connectivity index (χ3n) is 4.82. The highest BCUT2D eigenvalue weighted by Crippen LogP contribution is 2.35. The number of rotatable bonds is 2. The van der Waals surface area contributed by atoms with E-state index in [4.69, 9.17) is 0 Å². The van der Waals surface area contributed by atoms with Gasteiger partial charge in [0.15, 0.2) is 0 Å². The van der Waals surface area contributed by atoms with Gasteiger partial charge in [-0.05, 0) is 50.2 Å². The molecule has 2 aliphatic carbocycles. The minimum Gasteiger partial charge on any atom is -0.357 e. The second-order valence-electron chi connectivity index (χ2n) is 6.16. The Bertz CT molecular complexity index is 638. The predicted molar refractivity (Wildman–Crippen MR) is 83.9 cm³/mol. The van der Waals surface area contributed by atoms with Crippen molar-refractivity contribution >= 4 is 10.9 Å². The van der Waals surface area contributed by atoms with Crippen molar-refractivity contribution in [3.05, 3.63) is 47.7 Å². The number of allylic oxidation sites excluding steroid dienone is 1. The Morgan fingerprint density at radius 2 is 2.05 bits per heavy atom. The molecule has 2 N–H and O–H groups in total.